The summed E-state index contributed by atoms with van der Waals surface area (Å²) in [5.74, 6) is -2.58. The van der Waals surface area contributed by atoms with Crippen LogP contribution in [0.2, 0.25) is 0 Å². The SMILES string of the molecule is CCCCCCCCOc1ccc(-c2cn(CCCC)cn2)cc1.O=C(O)C(O)C(O)C(=O)O. The molecule has 0 aliphatic rings. The highest BCUT2D eigenvalue weighted by molar-refractivity contribution is 5.83. The zero-order valence-electron chi connectivity index (χ0n) is 20.1. The first kappa shape index (κ1) is 29.1. The second-order valence-corrected chi connectivity index (χ2v) is 8.06. The van der Waals surface area contributed by atoms with Crippen LogP contribution in [0.25, 0.3) is 11.3 Å². The third kappa shape index (κ3) is 11.3. The van der Waals surface area contributed by atoms with Crippen LogP contribution in [0.5, 0.6) is 5.75 Å². The van der Waals surface area contributed by atoms with Crippen molar-refractivity contribution < 1.29 is 34.8 Å². The van der Waals surface area contributed by atoms with Crippen molar-refractivity contribution in [2.24, 2.45) is 0 Å². The van der Waals surface area contributed by atoms with E-state index in [4.69, 9.17) is 25.2 Å². The van der Waals surface area contributed by atoms with E-state index in [0.717, 1.165) is 36.6 Å². The van der Waals surface area contributed by atoms with Crippen LogP contribution in [-0.4, -0.2) is 60.7 Å². The molecular weight excluding hydrogens is 440 g/mol. The fraction of sp³-hybridized carbons (Fsp3) is 0.560. The fourth-order valence-corrected chi connectivity index (χ4v) is 3.04. The Labute approximate surface area is 201 Å². The lowest BCUT2D eigenvalue weighted by atomic mass is 10.1. The van der Waals surface area contributed by atoms with Crippen LogP contribution < -0.4 is 4.74 Å². The normalized spacial score (nSPS) is 12.4. The largest absolute Gasteiger partial charge is 0.494 e. The van der Waals surface area contributed by atoms with Gasteiger partial charge in [-0.05, 0) is 37.1 Å². The molecule has 2 rings (SSSR count). The summed E-state index contributed by atoms with van der Waals surface area (Å²) in [5, 5.41) is 32.5. The summed E-state index contributed by atoms with van der Waals surface area (Å²) in [6, 6.07) is 8.31. The van der Waals surface area contributed by atoms with Crippen LogP contribution in [-0.2, 0) is 16.1 Å². The number of carbonyl (C=O) groups is 2. The number of aryl methyl sites for hydroxylation is 1. The molecule has 2 atom stereocenters. The van der Waals surface area contributed by atoms with Gasteiger partial charge in [-0.2, -0.15) is 0 Å². The number of benzene rings is 1. The Balaban J connectivity index is 0.000000489. The van der Waals surface area contributed by atoms with Crippen molar-refractivity contribution in [2.45, 2.75) is 84.0 Å². The number of unbranched alkanes of at least 4 members (excludes halogenated alkanes) is 6. The lowest BCUT2D eigenvalue weighted by Crippen LogP contribution is -2.39. The number of aliphatic hydroxyl groups is 2. The first-order valence-corrected chi connectivity index (χ1v) is 11.9. The molecule has 0 amide bonds. The van der Waals surface area contributed by atoms with Crippen molar-refractivity contribution in [1.29, 1.82) is 0 Å². The quantitative estimate of drug-likeness (QED) is 0.282. The molecule has 0 radical (unpaired) electrons. The van der Waals surface area contributed by atoms with Gasteiger partial charge in [0.25, 0.3) is 0 Å². The first-order valence-electron chi connectivity index (χ1n) is 11.9. The van der Waals surface area contributed by atoms with Gasteiger partial charge in [-0.15, -0.1) is 0 Å². The Morgan fingerprint density at radius 2 is 1.44 bits per heavy atom. The Kier molecular flexibility index (Phi) is 14.3. The summed E-state index contributed by atoms with van der Waals surface area (Å²) in [4.78, 5) is 24.0. The molecule has 9 nitrogen and oxygen atoms in total. The zero-order valence-corrected chi connectivity index (χ0v) is 20.1. The number of rotatable bonds is 15. The zero-order chi connectivity index (χ0) is 25.3. The highest BCUT2D eigenvalue weighted by Crippen LogP contribution is 2.21. The highest BCUT2D eigenvalue weighted by atomic mass is 16.5. The predicted octanol–water partition coefficient (Wildman–Crippen LogP) is 3.97. The molecule has 190 valence electrons. The second kappa shape index (κ2) is 16.7. The number of ether oxygens (including phenoxy) is 1. The van der Waals surface area contributed by atoms with E-state index < -0.39 is 24.1 Å². The van der Waals surface area contributed by atoms with E-state index in [1.807, 2.05) is 6.33 Å². The van der Waals surface area contributed by atoms with E-state index in [1.165, 1.54) is 44.9 Å². The molecule has 0 saturated heterocycles. The van der Waals surface area contributed by atoms with Gasteiger partial charge in [0, 0.05) is 18.3 Å². The van der Waals surface area contributed by atoms with Gasteiger partial charge >= 0.3 is 11.9 Å². The molecule has 1 aromatic carbocycles. The van der Waals surface area contributed by atoms with E-state index in [1.54, 1.807) is 0 Å². The van der Waals surface area contributed by atoms with Crippen molar-refractivity contribution in [3.05, 3.63) is 36.8 Å². The van der Waals surface area contributed by atoms with Crippen LogP contribution in [0.1, 0.15) is 65.2 Å². The number of nitrogens with zero attached hydrogens (tertiary/aromatic N) is 2. The lowest BCUT2D eigenvalue weighted by molar-refractivity contribution is -0.165. The first-order chi connectivity index (χ1) is 16.3. The number of hydrogen-bond acceptors (Lipinski definition) is 6. The molecule has 1 aromatic heterocycles. The standard InChI is InChI=1S/C21H32N2O.C4H6O6/c1-3-5-7-8-9-10-16-24-20-13-11-19(12-14-20)21-17-23(18-22-21)15-6-4-2;5-1(3(7)8)2(6)4(9)10/h11-14,17-18H,3-10,15-16H2,1-2H3;1-2,5-6H,(H,7,8)(H,9,10). The molecule has 0 aliphatic heterocycles. The van der Waals surface area contributed by atoms with E-state index in [-0.39, 0.29) is 0 Å². The molecule has 0 fully saturated rings. The summed E-state index contributed by atoms with van der Waals surface area (Å²) < 4.78 is 8.00. The molecule has 9 heteroatoms. The summed E-state index contributed by atoms with van der Waals surface area (Å²) in [6.45, 7) is 6.32. The fourth-order valence-electron chi connectivity index (χ4n) is 3.04. The third-order valence-corrected chi connectivity index (χ3v) is 5.12. The van der Waals surface area contributed by atoms with Gasteiger partial charge in [0.05, 0.1) is 18.6 Å². The Bertz CT molecular complexity index is 818. The van der Waals surface area contributed by atoms with Crippen LogP contribution in [0, 0.1) is 0 Å². The monoisotopic (exact) mass is 478 g/mol. The molecule has 2 aromatic rings. The van der Waals surface area contributed by atoms with Gasteiger partial charge in [-0.3, -0.25) is 0 Å². The maximum absolute atomic E-state index is 9.77. The van der Waals surface area contributed by atoms with Crippen LogP contribution in [0.15, 0.2) is 36.8 Å². The van der Waals surface area contributed by atoms with Crippen molar-refractivity contribution in [3.8, 4) is 17.0 Å². The van der Waals surface area contributed by atoms with Gasteiger partial charge in [-0.1, -0.05) is 52.4 Å². The summed E-state index contributed by atoms with van der Waals surface area (Å²) in [6.07, 6.45) is 9.69. The number of aliphatic carboxylic acids is 2. The average Bonchev–Trinajstić information content (AvgIpc) is 3.31. The van der Waals surface area contributed by atoms with Crippen LogP contribution >= 0.6 is 0 Å². The minimum Gasteiger partial charge on any atom is -0.494 e. The lowest BCUT2D eigenvalue weighted by Gasteiger charge is -2.07. The summed E-state index contributed by atoms with van der Waals surface area (Å²) in [5.41, 5.74) is 2.19. The van der Waals surface area contributed by atoms with E-state index >= 15 is 0 Å². The van der Waals surface area contributed by atoms with E-state index in [0.29, 0.717) is 0 Å². The number of aliphatic hydroxyl groups excluding tert-OH is 2. The number of hydrogen-bond donors (Lipinski definition) is 4. The van der Waals surface area contributed by atoms with Crippen molar-refractivity contribution in [1.82, 2.24) is 9.55 Å². The van der Waals surface area contributed by atoms with Gasteiger partial charge in [0.1, 0.15) is 5.75 Å². The Hall–Kier alpha value is -2.91. The Morgan fingerprint density at radius 3 is 2.00 bits per heavy atom. The molecule has 1 heterocycles. The van der Waals surface area contributed by atoms with E-state index in [2.05, 4.69) is 53.9 Å². The highest BCUT2D eigenvalue weighted by Gasteiger charge is 2.29. The number of carboxylic acid groups (broad SMARTS) is 2. The number of imidazole rings is 1. The minimum atomic E-state index is -2.27. The van der Waals surface area contributed by atoms with Crippen molar-refractivity contribution in [3.63, 3.8) is 0 Å². The van der Waals surface area contributed by atoms with Gasteiger partial charge in [-0.25, -0.2) is 14.6 Å². The summed E-state index contributed by atoms with van der Waals surface area (Å²) in [7, 11) is 0. The number of aromatic nitrogens is 2. The maximum Gasteiger partial charge on any atom is 0.335 e. The predicted molar refractivity (Wildman–Crippen MR) is 129 cm³/mol. The smallest absolute Gasteiger partial charge is 0.335 e. The van der Waals surface area contributed by atoms with E-state index in [9.17, 15) is 9.59 Å². The molecule has 0 bridgehead atoms. The molecule has 0 spiro atoms. The number of carboxylic acids is 2. The maximum atomic E-state index is 9.77. The van der Waals surface area contributed by atoms with Gasteiger partial charge < -0.3 is 29.7 Å². The minimum absolute atomic E-state index is 0.817. The van der Waals surface area contributed by atoms with Crippen molar-refractivity contribution in [2.75, 3.05) is 6.61 Å². The molecule has 4 N–H and O–H groups in total. The Morgan fingerprint density at radius 1 is 0.882 bits per heavy atom. The molecule has 0 saturated carbocycles. The van der Waals surface area contributed by atoms with Crippen LogP contribution in [0.3, 0.4) is 0 Å². The van der Waals surface area contributed by atoms with Gasteiger partial charge in [0.15, 0.2) is 12.2 Å². The topological polar surface area (TPSA) is 142 Å². The molecular formula is C25H38N2O7. The summed E-state index contributed by atoms with van der Waals surface area (Å²) >= 11 is 0. The van der Waals surface area contributed by atoms with Gasteiger partial charge in [0.2, 0.25) is 0 Å². The van der Waals surface area contributed by atoms with Crippen LogP contribution in [0.4, 0.5) is 0 Å². The molecule has 34 heavy (non-hydrogen) atoms. The third-order valence-electron chi connectivity index (χ3n) is 5.12. The average molecular weight is 479 g/mol. The molecule has 2 unspecified atom stereocenters. The molecule has 0 aliphatic carbocycles. The second-order valence-electron chi connectivity index (χ2n) is 8.06. The van der Waals surface area contributed by atoms with Crippen molar-refractivity contribution >= 4 is 11.9 Å².